The zero-order chi connectivity index (χ0) is 14.9. The van der Waals surface area contributed by atoms with Gasteiger partial charge in [-0.15, -0.1) is 11.3 Å². The fourth-order valence-corrected chi connectivity index (χ4v) is 4.08. The summed E-state index contributed by atoms with van der Waals surface area (Å²) in [5.74, 6) is 0.845. The summed E-state index contributed by atoms with van der Waals surface area (Å²) in [5, 5.41) is 5.41. The summed E-state index contributed by atoms with van der Waals surface area (Å²) in [4.78, 5) is 13.5. The van der Waals surface area contributed by atoms with Crippen molar-refractivity contribution >= 4 is 17.2 Å². The number of hydrogen-bond acceptors (Lipinski definition) is 3. The van der Waals surface area contributed by atoms with Gasteiger partial charge in [0.1, 0.15) is 0 Å². The second kappa shape index (κ2) is 9.21. The molecular formula is C17H28N2OS. The maximum Gasteiger partial charge on any atom is 0.220 e. The number of nitrogens with one attached hydrogen (secondary N) is 1. The maximum atomic E-state index is 12.2. The first-order valence-electron chi connectivity index (χ1n) is 8.34. The van der Waals surface area contributed by atoms with Gasteiger partial charge in [-0.1, -0.05) is 31.7 Å². The standard InChI is InChI=1S/C17H28N2OS/c18-12-6-2-1-3-11-16(20)19-17(14-8-4-5-9-14)15-10-7-13-21-15/h7,10,13-14,17H,1-6,8-9,11-12,18H2,(H,19,20). The van der Waals surface area contributed by atoms with Crippen LogP contribution >= 0.6 is 11.3 Å². The van der Waals surface area contributed by atoms with E-state index < -0.39 is 0 Å². The molecule has 1 aromatic rings. The van der Waals surface area contributed by atoms with Crippen molar-refractivity contribution in [2.24, 2.45) is 11.7 Å². The van der Waals surface area contributed by atoms with Gasteiger partial charge in [0.2, 0.25) is 5.91 Å². The Morgan fingerprint density at radius 2 is 2.05 bits per heavy atom. The number of carbonyl (C=O) groups excluding carboxylic acids is 1. The highest BCUT2D eigenvalue weighted by Crippen LogP contribution is 2.37. The van der Waals surface area contributed by atoms with E-state index in [4.69, 9.17) is 5.73 Å². The lowest BCUT2D eigenvalue weighted by atomic mass is 9.96. The van der Waals surface area contributed by atoms with Gasteiger partial charge in [0.25, 0.3) is 0 Å². The SMILES string of the molecule is NCCCCCCC(=O)NC(c1cccs1)C1CCCC1. The van der Waals surface area contributed by atoms with E-state index in [1.165, 1.54) is 30.6 Å². The third-order valence-electron chi connectivity index (χ3n) is 4.40. The Morgan fingerprint density at radius 1 is 1.29 bits per heavy atom. The minimum absolute atomic E-state index is 0.216. The second-order valence-corrected chi connectivity index (χ2v) is 7.04. The van der Waals surface area contributed by atoms with Gasteiger partial charge in [-0.05, 0) is 49.6 Å². The van der Waals surface area contributed by atoms with Crippen molar-refractivity contribution in [2.75, 3.05) is 6.54 Å². The van der Waals surface area contributed by atoms with Crippen molar-refractivity contribution in [3.63, 3.8) is 0 Å². The first-order chi connectivity index (χ1) is 10.3. The van der Waals surface area contributed by atoms with Crippen LogP contribution in [0.2, 0.25) is 0 Å². The van der Waals surface area contributed by atoms with Crippen molar-refractivity contribution in [3.8, 4) is 0 Å². The van der Waals surface area contributed by atoms with Crippen molar-refractivity contribution in [2.45, 2.75) is 63.8 Å². The lowest BCUT2D eigenvalue weighted by Crippen LogP contribution is -2.32. The number of rotatable bonds is 9. The number of nitrogens with two attached hydrogens (primary N) is 1. The largest absolute Gasteiger partial charge is 0.348 e. The molecule has 1 aromatic heterocycles. The molecule has 1 saturated carbocycles. The normalized spacial score (nSPS) is 17.0. The van der Waals surface area contributed by atoms with Gasteiger partial charge in [0.05, 0.1) is 6.04 Å². The minimum Gasteiger partial charge on any atom is -0.348 e. The van der Waals surface area contributed by atoms with Gasteiger partial charge >= 0.3 is 0 Å². The highest BCUT2D eigenvalue weighted by molar-refractivity contribution is 7.10. The topological polar surface area (TPSA) is 55.1 Å². The van der Waals surface area contributed by atoms with Crippen LogP contribution in [0.25, 0.3) is 0 Å². The van der Waals surface area contributed by atoms with Crippen LogP contribution < -0.4 is 11.1 Å². The van der Waals surface area contributed by atoms with E-state index in [2.05, 4.69) is 22.8 Å². The van der Waals surface area contributed by atoms with Crippen LogP contribution in [-0.2, 0) is 4.79 Å². The van der Waals surface area contributed by atoms with E-state index in [1.54, 1.807) is 11.3 Å². The van der Waals surface area contributed by atoms with Crippen LogP contribution in [-0.4, -0.2) is 12.5 Å². The average molecular weight is 308 g/mol. The van der Waals surface area contributed by atoms with Gasteiger partial charge in [-0.3, -0.25) is 4.79 Å². The van der Waals surface area contributed by atoms with Crippen LogP contribution in [0.15, 0.2) is 17.5 Å². The highest BCUT2D eigenvalue weighted by Gasteiger charge is 2.28. The Morgan fingerprint density at radius 3 is 2.71 bits per heavy atom. The summed E-state index contributed by atoms with van der Waals surface area (Å²) in [5.41, 5.74) is 5.48. The summed E-state index contributed by atoms with van der Waals surface area (Å²) in [6.07, 6.45) is 10.1. The van der Waals surface area contributed by atoms with Crippen LogP contribution in [0.3, 0.4) is 0 Å². The third kappa shape index (κ3) is 5.44. The van der Waals surface area contributed by atoms with Crippen LogP contribution in [0.1, 0.15) is 68.7 Å². The molecule has 1 fully saturated rings. The molecule has 0 saturated heterocycles. The lowest BCUT2D eigenvalue weighted by molar-refractivity contribution is -0.122. The molecule has 3 N–H and O–H groups in total. The Balaban J connectivity index is 1.79. The predicted octanol–water partition coefficient (Wildman–Crippen LogP) is 4.00. The van der Waals surface area contributed by atoms with E-state index in [0.29, 0.717) is 12.3 Å². The summed E-state index contributed by atoms with van der Waals surface area (Å²) in [6.45, 7) is 0.758. The van der Waals surface area contributed by atoms with Crippen molar-refractivity contribution in [1.29, 1.82) is 0 Å². The molecule has 0 radical (unpaired) electrons. The van der Waals surface area contributed by atoms with Crippen molar-refractivity contribution in [3.05, 3.63) is 22.4 Å². The van der Waals surface area contributed by atoms with E-state index in [9.17, 15) is 4.79 Å². The van der Waals surface area contributed by atoms with Crippen molar-refractivity contribution < 1.29 is 4.79 Å². The Bertz CT molecular complexity index is 399. The summed E-state index contributed by atoms with van der Waals surface area (Å²) in [6, 6.07) is 4.49. The van der Waals surface area contributed by atoms with E-state index >= 15 is 0 Å². The maximum absolute atomic E-state index is 12.2. The van der Waals surface area contributed by atoms with Crippen LogP contribution in [0.4, 0.5) is 0 Å². The molecular weight excluding hydrogens is 280 g/mol. The molecule has 0 aromatic carbocycles. The number of unbranched alkanes of at least 4 members (excludes halogenated alkanes) is 3. The van der Waals surface area contributed by atoms with E-state index in [-0.39, 0.29) is 11.9 Å². The van der Waals surface area contributed by atoms with Gasteiger partial charge in [0.15, 0.2) is 0 Å². The molecule has 2 rings (SSSR count). The molecule has 0 aliphatic heterocycles. The molecule has 0 bridgehead atoms. The molecule has 1 atom stereocenters. The number of hydrogen-bond donors (Lipinski definition) is 2. The Labute approximate surface area is 132 Å². The highest BCUT2D eigenvalue weighted by atomic mass is 32.1. The smallest absolute Gasteiger partial charge is 0.220 e. The molecule has 0 spiro atoms. The quantitative estimate of drug-likeness (QED) is 0.677. The number of carbonyl (C=O) groups is 1. The number of amides is 1. The number of thiophene rings is 1. The molecule has 118 valence electrons. The molecule has 1 heterocycles. The van der Waals surface area contributed by atoms with Gasteiger partial charge in [-0.2, -0.15) is 0 Å². The second-order valence-electron chi connectivity index (χ2n) is 6.06. The summed E-state index contributed by atoms with van der Waals surface area (Å²) >= 11 is 1.77. The fourth-order valence-electron chi connectivity index (χ4n) is 3.21. The lowest BCUT2D eigenvalue weighted by Gasteiger charge is -2.23. The summed E-state index contributed by atoms with van der Waals surface area (Å²) in [7, 11) is 0. The van der Waals surface area contributed by atoms with Gasteiger partial charge < -0.3 is 11.1 Å². The average Bonchev–Trinajstić information content (AvgIpc) is 3.18. The zero-order valence-electron chi connectivity index (χ0n) is 12.9. The van der Waals surface area contributed by atoms with Gasteiger partial charge in [-0.25, -0.2) is 0 Å². The monoisotopic (exact) mass is 308 g/mol. The first kappa shape index (κ1) is 16.5. The van der Waals surface area contributed by atoms with E-state index in [0.717, 1.165) is 32.2 Å². The molecule has 3 nitrogen and oxygen atoms in total. The zero-order valence-corrected chi connectivity index (χ0v) is 13.7. The predicted molar refractivity (Wildman–Crippen MR) is 89.3 cm³/mol. The first-order valence-corrected chi connectivity index (χ1v) is 9.22. The van der Waals surface area contributed by atoms with Crippen LogP contribution in [0.5, 0.6) is 0 Å². The molecule has 21 heavy (non-hydrogen) atoms. The third-order valence-corrected chi connectivity index (χ3v) is 5.35. The molecule has 1 amide bonds. The molecule has 1 aliphatic carbocycles. The molecule has 1 aliphatic rings. The van der Waals surface area contributed by atoms with Gasteiger partial charge in [0, 0.05) is 11.3 Å². The Hall–Kier alpha value is -0.870. The minimum atomic E-state index is 0.216. The van der Waals surface area contributed by atoms with Crippen molar-refractivity contribution in [1.82, 2.24) is 5.32 Å². The van der Waals surface area contributed by atoms with Crippen LogP contribution in [0, 0.1) is 5.92 Å². The molecule has 4 heteroatoms. The fraction of sp³-hybridized carbons (Fsp3) is 0.706. The Kier molecular flexibility index (Phi) is 7.24. The molecule has 1 unspecified atom stereocenters. The van der Waals surface area contributed by atoms with E-state index in [1.807, 2.05) is 0 Å². The summed E-state index contributed by atoms with van der Waals surface area (Å²) < 4.78 is 0.